The van der Waals surface area contributed by atoms with E-state index in [4.69, 9.17) is 4.74 Å². The summed E-state index contributed by atoms with van der Waals surface area (Å²) >= 11 is 3.27. The molecule has 5 heteroatoms. The van der Waals surface area contributed by atoms with E-state index >= 15 is 0 Å². The molecule has 1 fully saturated rings. The molecule has 0 bridgehead atoms. The lowest BCUT2D eigenvalue weighted by Gasteiger charge is -2.20. The molecule has 1 unspecified atom stereocenters. The maximum Gasteiger partial charge on any atom is 0.129 e. The van der Waals surface area contributed by atoms with Crippen molar-refractivity contribution in [2.75, 3.05) is 19.8 Å². The number of aliphatic hydroxyl groups is 1. The molecule has 1 aromatic rings. The Morgan fingerprint density at radius 1 is 1.47 bits per heavy atom. The maximum absolute atomic E-state index is 10.0. The Morgan fingerprint density at radius 3 is 2.94 bits per heavy atom. The van der Waals surface area contributed by atoms with Gasteiger partial charge in [-0.3, -0.25) is 0 Å². The van der Waals surface area contributed by atoms with Crippen molar-refractivity contribution in [3.8, 4) is 5.75 Å². The highest BCUT2D eigenvalue weighted by Crippen LogP contribution is 2.24. The van der Waals surface area contributed by atoms with Crippen LogP contribution in [0.5, 0.6) is 5.75 Å². The van der Waals surface area contributed by atoms with Crippen molar-refractivity contribution in [2.45, 2.75) is 18.6 Å². The van der Waals surface area contributed by atoms with Crippen LogP contribution in [0, 0.1) is 0 Å². The zero-order valence-electron chi connectivity index (χ0n) is 9.45. The first-order chi connectivity index (χ1) is 8.09. The number of halogens is 1. The molecule has 94 valence electrons. The van der Waals surface area contributed by atoms with Crippen molar-refractivity contribution < 1.29 is 14.9 Å². The lowest BCUT2D eigenvalue weighted by atomic mass is 10.0. The number of benzene rings is 1. The van der Waals surface area contributed by atoms with Crippen LogP contribution in [-0.4, -0.2) is 35.6 Å². The lowest BCUT2D eigenvalue weighted by Crippen LogP contribution is -2.40. The predicted molar refractivity (Wildman–Crippen MR) is 67.9 cm³/mol. The quantitative estimate of drug-likeness (QED) is 0.787. The summed E-state index contributed by atoms with van der Waals surface area (Å²) in [5.41, 5.74) is 0.325. The van der Waals surface area contributed by atoms with E-state index in [-0.39, 0.29) is 5.75 Å². The van der Waals surface area contributed by atoms with Crippen molar-refractivity contribution in [3.05, 3.63) is 28.2 Å². The molecular weight excluding hydrogens is 286 g/mol. The van der Waals surface area contributed by atoms with Crippen LogP contribution in [0.2, 0.25) is 0 Å². The van der Waals surface area contributed by atoms with Crippen LogP contribution in [-0.2, 0) is 11.3 Å². The Balaban J connectivity index is 1.83. The summed E-state index contributed by atoms with van der Waals surface area (Å²) in [6.07, 6.45) is 0.680. The van der Waals surface area contributed by atoms with Gasteiger partial charge in [0, 0.05) is 26.1 Å². The molecular formula is C12H16BrNO3. The minimum atomic E-state index is -0.728. The first kappa shape index (κ1) is 12.8. The Kier molecular flexibility index (Phi) is 4.04. The van der Waals surface area contributed by atoms with Gasteiger partial charge in [-0.15, -0.1) is 0 Å². The van der Waals surface area contributed by atoms with Gasteiger partial charge in [-0.2, -0.15) is 0 Å². The summed E-state index contributed by atoms with van der Waals surface area (Å²) in [5.74, 6) is 0.233. The Morgan fingerprint density at radius 2 is 2.29 bits per heavy atom. The number of phenols is 1. The number of phenolic OH excluding ortho intramolecular Hbond substituents is 1. The predicted octanol–water partition coefficient (Wildman–Crippen LogP) is 1.40. The summed E-state index contributed by atoms with van der Waals surface area (Å²) in [5, 5.41) is 22.6. The molecule has 0 spiro atoms. The maximum atomic E-state index is 10.0. The van der Waals surface area contributed by atoms with Gasteiger partial charge in [-0.05, 0) is 33.6 Å². The summed E-state index contributed by atoms with van der Waals surface area (Å²) < 4.78 is 5.85. The molecule has 0 aliphatic carbocycles. The zero-order chi connectivity index (χ0) is 12.3. The third kappa shape index (κ3) is 3.42. The smallest absolute Gasteiger partial charge is 0.129 e. The van der Waals surface area contributed by atoms with Gasteiger partial charge in [-0.25, -0.2) is 0 Å². The number of ether oxygens (including phenoxy) is 1. The Labute approximate surface area is 109 Å². The van der Waals surface area contributed by atoms with Gasteiger partial charge in [0.1, 0.15) is 11.4 Å². The van der Waals surface area contributed by atoms with Gasteiger partial charge < -0.3 is 20.3 Å². The average molecular weight is 302 g/mol. The number of aromatic hydroxyl groups is 1. The molecule has 0 saturated carbocycles. The van der Waals surface area contributed by atoms with E-state index in [0.717, 1.165) is 5.56 Å². The summed E-state index contributed by atoms with van der Waals surface area (Å²) in [6, 6.07) is 5.36. The number of rotatable bonds is 4. The summed E-state index contributed by atoms with van der Waals surface area (Å²) in [6.45, 7) is 2.20. The average Bonchev–Trinajstić information content (AvgIpc) is 2.71. The second-order valence-corrected chi connectivity index (χ2v) is 5.27. The Hall–Kier alpha value is -0.620. The van der Waals surface area contributed by atoms with E-state index in [1.807, 2.05) is 12.1 Å². The molecule has 17 heavy (non-hydrogen) atoms. The number of hydrogen-bond acceptors (Lipinski definition) is 4. The van der Waals surface area contributed by atoms with Crippen molar-refractivity contribution in [2.24, 2.45) is 0 Å². The highest BCUT2D eigenvalue weighted by molar-refractivity contribution is 9.10. The van der Waals surface area contributed by atoms with Crippen molar-refractivity contribution in [1.29, 1.82) is 0 Å². The Bertz CT molecular complexity index is 391. The van der Waals surface area contributed by atoms with E-state index < -0.39 is 5.60 Å². The monoisotopic (exact) mass is 301 g/mol. The fourth-order valence-electron chi connectivity index (χ4n) is 1.84. The van der Waals surface area contributed by atoms with Gasteiger partial charge in [0.2, 0.25) is 0 Å². The van der Waals surface area contributed by atoms with Crippen LogP contribution >= 0.6 is 15.9 Å². The third-order valence-electron chi connectivity index (χ3n) is 2.88. The minimum Gasteiger partial charge on any atom is -0.507 e. The van der Waals surface area contributed by atoms with E-state index in [1.54, 1.807) is 6.07 Å². The van der Waals surface area contributed by atoms with Crippen LogP contribution in [0.4, 0.5) is 0 Å². The van der Waals surface area contributed by atoms with Gasteiger partial charge >= 0.3 is 0 Å². The summed E-state index contributed by atoms with van der Waals surface area (Å²) in [4.78, 5) is 0. The SMILES string of the molecule is Oc1ccc(CNCC2(O)CCOC2)cc1Br. The molecule has 0 amide bonds. The van der Waals surface area contributed by atoms with Gasteiger partial charge in [0.05, 0.1) is 11.1 Å². The molecule has 0 radical (unpaired) electrons. The van der Waals surface area contributed by atoms with Crippen molar-refractivity contribution in [3.63, 3.8) is 0 Å². The second kappa shape index (κ2) is 5.35. The normalized spacial score (nSPS) is 24.1. The van der Waals surface area contributed by atoms with Gasteiger partial charge in [-0.1, -0.05) is 6.07 Å². The molecule has 4 nitrogen and oxygen atoms in total. The molecule has 3 N–H and O–H groups in total. The summed E-state index contributed by atoms with van der Waals surface area (Å²) in [7, 11) is 0. The first-order valence-corrected chi connectivity index (χ1v) is 6.37. The van der Waals surface area contributed by atoms with Crippen LogP contribution in [0.25, 0.3) is 0 Å². The van der Waals surface area contributed by atoms with Crippen LogP contribution in [0.1, 0.15) is 12.0 Å². The fraction of sp³-hybridized carbons (Fsp3) is 0.500. The molecule has 1 saturated heterocycles. The van der Waals surface area contributed by atoms with E-state index in [0.29, 0.717) is 37.2 Å². The van der Waals surface area contributed by atoms with Crippen LogP contribution < -0.4 is 5.32 Å². The third-order valence-corrected chi connectivity index (χ3v) is 3.51. The zero-order valence-corrected chi connectivity index (χ0v) is 11.0. The minimum absolute atomic E-state index is 0.233. The molecule has 1 aromatic carbocycles. The highest BCUT2D eigenvalue weighted by Gasteiger charge is 2.31. The molecule has 1 aliphatic heterocycles. The topological polar surface area (TPSA) is 61.7 Å². The van der Waals surface area contributed by atoms with Gasteiger partial charge in [0.15, 0.2) is 0 Å². The van der Waals surface area contributed by atoms with E-state index in [2.05, 4.69) is 21.2 Å². The van der Waals surface area contributed by atoms with Crippen LogP contribution in [0.15, 0.2) is 22.7 Å². The second-order valence-electron chi connectivity index (χ2n) is 4.42. The molecule has 2 rings (SSSR count). The molecule has 1 atom stereocenters. The van der Waals surface area contributed by atoms with E-state index in [9.17, 15) is 10.2 Å². The molecule has 1 heterocycles. The van der Waals surface area contributed by atoms with Crippen molar-refractivity contribution in [1.82, 2.24) is 5.32 Å². The molecule has 0 aromatic heterocycles. The number of nitrogens with one attached hydrogen (secondary N) is 1. The van der Waals surface area contributed by atoms with Gasteiger partial charge in [0.25, 0.3) is 0 Å². The van der Waals surface area contributed by atoms with Crippen molar-refractivity contribution >= 4 is 15.9 Å². The first-order valence-electron chi connectivity index (χ1n) is 5.57. The molecule has 1 aliphatic rings. The standard InChI is InChI=1S/C12H16BrNO3/c13-10-5-9(1-2-11(10)15)6-14-7-12(16)3-4-17-8-12/h1-2,5,14-16H,3-4,6-8H2. The highest BCUT2D eigenvalue weighted by atomic mass is 79.9. The fourth-order valence-corrected chi connectivity index (χ4v) is 2.26. The largest absolute Gasteiger partial charge is 0.507 e. The van der Waals surface area contributed by atoms with Crippen LogP contribution in [0.3, 0.4) is 0 Å². The lowest BCUT2D eigenvalue weighted by molar-refractivity contribution is 0.0268. The number of hydrogen-bond donors (Lipinski definition) is 3. The van der Waals surface area contributed by atoms with E-state index in [1.165, 1.54) is 0 Å².